The summed E-state index contributed by atoms with van der Waals surface area (Å²) < 4.78 is 0. The summed E-state index contributed by atoms with van der Waals surface area (Å²) in [5.74, 6) is -1.27. The van der Waals surface area contributed by atoms with Gasteiger partial charge in [0, 0.05) is 49.0 Å². The summed E-state index contributed by atoms with van der Waals surface area (Å²) in [5, 5.41) is 16.3. The van der Waals surface area contributed by atoms with Crippen molar-refractivity contribution in [1.82, 2.24) is 15.5 Å². The minimum absolute atomic E-state index is 0.0239. The molecule has 2 aromatic rings. The molecule has 2 aromatic carbocycles. The highest BCUT2D eigenvalue weighted by Gasteiger charge is 2.22. The minimum atomic E-state index is -0.527. The number of nitro groups is 1. The number of halogens is 2. The van der Waals surface area contributed by atoms with E-state index in [1.807, 2.05) is 4.90 Å². The number of piperazine rings is 1. The number of nitrogens with zero attached hydrogens (tertiary/aromatic N) is 3. The van der Waals surface area contributed by atoms with Gasteiger partial charge in [-0.3, -0.25) is 24.5 Å². The van der Waals surface area contributed by atoms with Gasteiger partial charge in [-0.15, -0.1) is 0 Å². The minimum Gasteiger partial charge on any atom is -0.368 e. The van der Waals surface area contributed by atoms with E-state index in [9.17, 15) is 24.5 Å². The summed E-state index contributed by atoms with van der Waals surface area (Å²) in [6.45, 7) is 1.55. The van der Waals surface area contributed by atoms with E-state index >= 15 is 0 Å². The maximum Gasteiger partial charge on any atom is 0.269 e. The molecule has 0 radical (unpaired) electrons. The summed E-state index contributed by atoms with van der Waals surface area (Å²) in [7, 11) is 0. The van der Waals surface area contributed by atoms with Crippen molar-refractivity contribution >= 4 is 52.3 Å². The molecule has 1 heterocycles. The molecule has 0 bridgehead atoms. The van der Waals surface area contributed by atoms with Gasteiger partial charge in [0.2, 0.25) is 11.8 Å². The fourth-order valence-corrected chi connectivity index (χ4v) is 3.77. The summed E-state index contributed by atoms with van der Waals surface area (Å²) in [6.07, 6.45) is 0. The third-order valence-corrected chi connectivity index (χ3v) is 5.63. The molecule has 2 N–H and O–H groups in total. The van der Waals surface area contributed by atoms with Crippen LogP contribution in [0.3, 0.4) is 0 Å². The maximum atomic E-state index is 12.4. The van der Waals surface area contributed by atoms with Gasteiger partial charge in [0.15, 0.2) is 0 Å². The summed E-state index contributed by atoms with van der Waals surface area (Å²) >= 11 is 11.8. The van der Waals surface area contributed by atoms with Crippen molar-refractivity contribution < 1.29 is 19.3 Å². The molecular formula is C21H21Cl2N5O5. The number of non-ortho nitro benzene ring substituents is 1. The topological polar surface area (TPSA) is 125 Å². The van der Waals surface area contributed by atoms with Crippen molar-refractivity contribution in [2.24, 2.45) is 0 Å². The third-order valence-electron chi connectivity index (χ3n) is 5.08. The molecule has 0 saturated carbocycles. The average molecular weight is 494 g/mol. The molecule has 33 heavy (non-hydrogen) atoms. The zero-order valence-electron chi connectivity index (χ0n) is 17.4. The van der Waals surface area contributed by atoms with Crippen LogP contribution in [0.15, 0.2) is 42.5 Å². The van der Waals surface area contributed by atoms with Gasteiger partial charge in [-0.2, -0.15) is 0 Å². The Morgan fingerprint density at radius 2 is 1.61 bits per heavy atom. The van der Waals surface area contributed by atoms with Gasteiger partial charge in [0.1, 0.15) is 0 Å². The van der Waals surface area contributed by atoms with E-state index in [1.165, 1.54) is 30.3 Å². The quantitative estimate of drug-likeness (QED) is 0.449. The van der Waals surface area contributed by atoms with E-state index in [-0.39, 0.29) is 35.3 Å². The average Bonchev–Trinajstić information content (AvgIpc) is 2.81. The first-order valence-electron chi connectivity index (χ1n) is 10.0. The van der Waals surface area contributed by atoms with Crippen LogP contribution in [0.25, 0.3) is 0 Å². The Balaban J connectivity index is 1.39. The van der Waals surface area contributed by atoms with Crippen LogP contribution in [-0.4, -0.2) is 66.8 Å². The Hall–Kier alpha value is -3.37. The Kier molecular flexibility index (Phi) is 8.07. The molecule has 1 saturated heterocycles. The van der Waals surface area contributed by atoms with Gasteiger partial charge in [-0.05, 0) is 30.3 Å². The van der Waals surface area contributed by atoms with Crippen molar-refractivity contribution in [3.8, 4) is 0 Å². The lowest BCUT2D eigenvalue weighted by molar-refractivity contribution is -0.384. The lowest BCUT2D eigenvalue weighted by Crippen LogP contribution is -2.51. The van der Waals surface area contributed by atoms with Gasteiger partial charge >= 0.3 is 0 Å². The van der Waals surface area contributed by atoms with Crippen LogP contribution in [0, 0.1) is 10.1 Å². The molecule has 3 rings (SSSR count). The highest BCUT2D eigenvalue weighted by molar-refractivity contribution is 6.36. The van der Waals surface area contributed by atoms with Crippen LogP contribution in [0.5, 0.6) is 0 Å². The second kappa shape index (κ2) is 11.0. The lowest BCUT2D eigenvalue weighted by atomic mass is 10.2. The van der Waals surface area contributed by atoms with E-state index in [0.717, 1.165) is 5.69 Å². The monoisotopic (exact) mass is 493 g/mol. The van der Waals surface area contributed by atoms with E-state index in [2.05, 4.69) is 10.6 Å². The molecule has 1 aliphatic heterocycles. The molecule has 0 aliphatic carbocycles. The fourth-order valence-electron chi connectivity index (χ4n) is 3.28. The van der Waals surface area contributed by atoms with Crippen molar-refractivity contribution in [2.45, 2.75) is 0 Å². The van der Waals surface area contributed by atoms with Gasteiger partial charge in [-0.1, -0.05) is 23.2 Å². The Morgan fingerprint density at radius 3 is 2.21 bits per heavy atom. The number of carbonyl (C=O) groups is 3. The van der Waals surface area contributed by atoms with Crippen LogP contribution >= 0.6 is 23.2 Å². The second-order valence-corrected chi connectivity index (χ2v) is 8.07. The van der Waals surface area contributed by atoms with Gasteiger partial charge in [0.05, 0.1) is 28.6 Å². The van der Waals surface area contributed by atoms with Gasteiger partial charge in [-0.25, -0.2) is 0 Å². The Bertz CT molecular complexity index is 1060. The summed E-state index contributed by atoms with van der Waals surface area (Å²) in [5.41, 5.74) is 1.06. The zero-order valence-corrected chi connectivity index (χ0v) is 18.9. The van der Waals surface area contributed by atoms with Crippen molar-refractivity contribution in [2.75, 3.05) is 44.2 Å². The van der Waals surface area contributed by atoms with Crippen LogP contribution in [0.4, 0.5) is 11.4 Å². The van der Waals surface area contributed by atoms with E-state index < -0.39 is 16.7 Å². The van der Waals surface area contributed by atoms with E-state index in [0.29, 0.717) is 31.2 Å². The number of carbonyl (C=O) groups excluding carboxylic acids is 3. The predicted octanol–water partition coefficient (Wildman–Crippen LogP) is 2.10. The summed E-state index contributed by atoms with van der Waals surface area (Å²) in [4.78, 5) is 50.5. The van der Waals surface area contributed by atoms with Crippen LogP contribution in [0.1, 0.15) is 10.4 Å². The number of hydrogen-bond acceptors (Lipinski definition) is 6. The molecular weight excluding hydrogens is 473 g/mol. The highest BCUT2D eigenvalue weighted by Crippen LogP contribution is 2.21. The first-order valence-corrected chi connectivity index (χ1v) is 10.8. The van der Waals surface area contributed by atoms with E-state index in [4.69, 9.17) is 23.2 Å². The number of nitrogens with one attached hydrogen (secondary N) is 2. The maximum absolute atomic E-state index is 12.4. The number of rotatable bonds is 7. The molecule has 0 spiro atoms. The molecule has 174 valence electrons. The first kappa shape index (κ1) is 24.3. The van der Waals surface area contributed by atoms with E-state index in [1.54, 1.807) is 17.0 Å². The SMILES string of the molecule is O=C(CNC(=O)c1ccc(Cl)cc1Cl)NCC(=O)N1CCN(c2ccc([N+](=O)[O-])cc2)CC1. The zero-order chi connectivity index (χ0) is 24.0. The second-order valence-electron chi connectivity index (χ2n) is 7.22. The normalized spacial score (nSPS) is 13.4. The molecule has 0 aromatic heterocycles. The molecule has 1 fully saturated rings. The van der Waals surface area contributed by atoms with Gasteiger partial charge < -0.3 is 20.4 Å². The standard InChI is InChI=1S/C21H21Cl2N5O5/c22-14-1-6-17(18(23)11-14)21(31)25-12-19(29)24-13-20(30)27-9-7-26(8-10-27)15-2-4-16(5-3-15)28(32)33/h1-6,11H,7-10,12-13H2,(H,24,29)(H,25,31). The third kappa shape index (κ3) is 6.56. The number of benzene rings is 2. The van der Waals surface area contributed by atoms with Crippen molar-refractivity contribution in [3.63, 3.8) is 0 Å². The molecule has 1 aliphatic rings. The van der Waals surface area contributed by atoms with Crippen molar-refractivity contribution in [1.29, 1.82) is 0 Å². The van der Waals surface area contributed by atoms with Gasteiger partial charge in [0.25, 0.3) is 11.6 Å². The molecule has 0 unspecified atom stereocenters. The number of anilines is 1. The molecule has 3 amide bonds. The number of hydrogen-bond donors (Lipinski definition) is 2. The van der Waals surface area contributed by atoms with Crippen LogP contribution < -0.4 is 15.5 Å². The predicted molar refractivity (Wildman–Crippen MR) is 124 cm³/mol. The first-order chi connectivity index (χ1) is 15.7. The van der Waals surface area contributed by atoms with Crippen LogP contribution in [-0.2, 0) is 9.59 Å². The summed E-state index contributed by atoms with van der Waals surface area (Å²) in [6, 6.07) is 10.7. The molecule has 12 heteroatoms. The fraction of sp³-hybridized carbons (Fsp3) is 0.286. The Morgan fingerprint density at radius 1 is 0.939 bits per heavy atom. The van der Waals surface area contributed by atoms with Crippen molar-refractivity contribution in [3.05, 3.63) is 68.2 Å². The Labute approximate surface area is 199 Å². The molecule has 10 nitrogen and oxygen atoms in total. The highest BCUT2D eigenvalue weighted by atomic mass is 35.5. The lowest BCUT2D eigenvalue weighted by Gasteiger charge is -2.36. The largest absolute Gasteiger partial charge is 0.368 e. The smallest absolute Gasteiger partial charge is 0.269 e. The van der Waals surface area contributed by atoms with Crippen LogP contribution in [0.2, 0.25) is 10.0 Å². The molecule has 0 atom stereocenters. The number of nitro benzene ring substituents is 1. The number of amides is 3.